The van der Waals surface area contributed by atoms with Gasteiger partial charge in [-0.1, -0.05) is 12.1 Å². The van der Waals surface area contributed by atoms with Gasteiger partial charge in [0.15, 0.2) is 0 Å². The highest BCUT2D eigenvalue weighted by atomic mass is 35.5. The minimum atomic E-state index is 0. The number of aryl methyl sites for hydroxylation is 2. The first-order valence-electron chi connectivity index (χ1n) is 5.22. The van der Waals surface area contributed by atoms with E-state index >= 15 is 0 Å². The Kier molecular flexibility index (Phi) is 4.00. The summed E-state index contributed by atoms with van der Waals surface area (Å²) in [7, 11) is 0. The number of rotatable bonds is 1. The number of benzene rings is 1. The molecule has 3 heteroatoms. The van der Waals surface area contributed by atoms with Crippen LogP contribution in [0.15, 0.2) is 12.1 Å². The van der Waals surface area contributed by atoms with E-state index in [1.165, 1.54) is 18.4 Å². The molecule has 2 rings (SSSR count). The van der Waals surface area contributed by atoms with Crippen molar-refractivity contribution in [1.82, 2.24) is 5.32 Å². The first-order chi connectivity index (χ1) is 6.68. The lowest BCUT2D eigenvalue weighted by Crippen LogP contribution is -2.13. The van der Waals surface area contributed by atoms with E-state index in [2.05, 4.69) is 17.4 Å². The molecule has 2 N–H and O–H groups in total. The zero-order chi connectivity index (χ0) is 10.1. The minimum Gasteiger partial charge on any atom is -0.507 e. The number of phenols is 1. The topological polar surface area (TPSA) is 32.3 Å². The maximum Gasteiger partial charge on any atom is 0.121 e. The van der Waals surface area contributed by atoms with Gasteiger partial charge < -0.3 is 10.4 Å². The summed E-state index contributed by atoms with van der Waals surface area (Å²) in [5, 5.41) is 13.1. The van der Waals surface area contributed by atoms with E-state index in [9.17, 15) is 5.11 Å². The van der Waals surface area contributed by atoms with Crippen molar-refractivity contribution in [3.63, 3.8) is 0 Å². The molecule has 1 aromatic carbocycles. The van der Waals surface area contributed by atoms with Gasteiger partial charge in [0, 0.05) is 6.04 Å². The second kappa shape index (κ2) is 4.86. The monoisotopic (exact) mass is 227 g/mol. The molecule has 1 atom stereocenters. The lowest BCUT2D eigenvalue weighted by atomic mass is 9.99. The highest BCUT2D eigenvalue weighted by Crippen LogP contribution is 2.29. The second-order valence-corrected chi connectivity index (χ2v) is 4.15. The van der Waals surface area contributed by atoms with Gasteiger partial charge in [-0.15, -0.1) is 12.4 Å². The Hall–Kier alpha value is -0.730. The predicted octanol–water partition coefficient (Wildman–Crippen LogP) is 2.86. The van der Waals surface area contributed by atoms with Crippen LogP contribution in [0.4, 0.5) is 0 Å². The maximum atomic E-state index is 9.65. The van der Waals surface area contributed by atoms with Gasteiger partial charge in [-0.2, -0.15) is 0 Å². The quantitative estimate of drug-likeness (QED) is 0.774. The van der Waals surface area contributed by atoms with E-state index in [4.69, 9.17) is 0 Å². The van der Waals surface area contributed by atoms with Crippen molar-refractivity contribution in [3.05, 3.63) is 28.8 Å². The van der Waals surface area contributed by atoms with Crippen LogP contribution in [0.2, 0.25) is 0 Å². The van der Waals surface area contributed by atoms with Crippen molar-refractivity contribution in [2.45, 2.75) is 32.7 Å². The highest BCUT2D eigenvalue weighted by molar-refractivity contribution is 5.85. The van der Waals surface area contributed by atoms with Crippen LogP contribution in [-0.4, -0.2) is 11.7 Å². The molecule has 0 spiro atoms. The average Bonchev–Trinajstić information content (AvgIpc) is 2.66. The third-order valence-corrected chi connectivity index (χ3v) is 2.98. The minimum absolute atomic E-state index is 0. The van der Waals surface area contributed by atoms with Crippen LogP contribution >= 0.6 is 12.4 Å². The summed E-state index contributed by atoms with van der Waals surface area (Å²) in [6.45, 7) is 5.03. The fraction of sp³-hybridized carbons (Fsp3) is 0.500. The van der Waals surface area contributed by atoms with Crippen molar-refractivity contribution >= 4 is 12.4 Å². The van der Waals surface area contributed by atoms with Crippen molar-refractivity contribution in [2.24, 2.45) is 0 Å². The van der Waals surface area contributed by atoms with Gasteiger partial charge in [0.2, 0.25) is 0 Å². The number of hydrogen-bond acceptors (Lipinski definition) is 2. The summed E-state index contributed by atoms with van der Waals surface area (Å²) < 4.78 is 0. The van der Waals surface area contributed by atoms with E-state index < -0.39 is 0 Å². The summed E-state index contributed by atoms with van der Waals surface area (Å²) in [5.74, 6) is 0.437. The highest BCUT2D eigenvalue weighted by Gasteiger charge is 2.17. The Balaban J connectivity index is 0.00000112. The summed E-state index contributed by atoms with van der Waals surface area (Å²) in [4.78, 5) is 0. The van der Waals surface area contributed by atoms with E-state index in [0.717, 1.165) is 17.7 Å². The Morgan fingerprint density at radius 3 is 2.33 bits per heavy atom. The number of nitrogens with one attached hydrogen (secondary N) is 1. The van der Waals surface area contributed by atoms with Crippen LogP contribution in [-0.2, 0) is 0 Å². The van der Waals surface area contributed by atoms with Crippen molar-refractivity contribution in [3.8, 4) is 5.75 Å². The molecule has 0 saturated carbocycles. The Morgan fingerprint density at radius 2 is 1.87 bits per heavy atom. The second-order valence-electron chi connectivity index (χ2n) is 4.15. The molecule has 1 aliphatic heterocycles. The van der Waals surface area contributed by atoms with Gasteiger partial charge in [0.1, 0.15) is 5.75 Å². The molecule has 0 radical (unpaired) electrons. The first-order valence-corrected chi connectivity index (χ1v) is 5.22. The molecule has 1 fully saturated rings. The molecule has 0 bridgehead atoms. The normalized spacial score (nSPS) is 20.0. The molecule has 1 saturated heterocycles. The van der Waals surface area contributed by atoms with E-state index in [0.29, 0.717) is 11.8 Å². The van der Waals surface area contributed by atoms with Crippen LogP contribution in [0, 0.1) is 13.8 Å². The summed E-state index contributed by atoms with van der Waals surface area (Å²) >= 11 is 0. The molecule has 1 aromatic rings. The Bertz CT molecular complexity index is 322. The number of aromatic hydroxyl groups is 1. The van der Waals surface area contributed by atoms with Crippen LogP contribution in [0.25, 0.3) is 0 Å². The molecule has 1 heterocycles. The number of phenolic OH excluding ortho intramolecular Hbond substituents is 1. The van der Waals surface area contributed by atoms with Gasteiger partial charge in [-0.25, -0.2) is 0 Å². The first kappa shape index (κ1) is 12.3. The largest absolute Gasteiger partial charge is 0.507 e. The molecule has 2 nitrogen and oxygen atoms in total. The van der Waals surface area contributed by atoms with Gasteiger partial charge >= 0.3 is 0 Å². The molecule has 0 aromatic heterocycles. The van der Waals surface area contributed by atoms with Crippen molar-refractivity contribution in [1.29, 1.82) is 0 Å². The van der Waals surface area contributed by atoms with Gasteiger partial charge in [-0.05, 0) is 49.9 Å². The molecule has 0 aliphatic carbocycles. The van der Waals surface area contributed by atoms with Crippen LogP contribution < -0.4 is 5.32 Å². The molecule has 0 unspecified atom stereocenters. The van der Waals surface area contributed by atoms with E-state index in [1.807, 2.05) is 13.8 Å². The van der Waals surface area contributed by atoms with E-state index in [1.54, 1.807) is 0 Å². The fourth-order valence-corrected chi connectivity index (χ4v) is 2.16. The Labute approximate surface area is 97.1 Å². The maximum absolute atomic E-state index is 9.65. The number of hydrogen-bond donors (Lipinski definition) is 2. The standard InChI is InChI=1S/C12H17NO.ClH/c1-8-6-10(7-9(2)12(8)14)11-4-3-5-13-11;/h6-7,11,13-14H,3-5H2,1-2H3;1H/t11-;/m0./s1. The average molecular weight is 228 g/mol. The van der Waals surface area contributed by atoms with Crippen LogP contribution in [0.3, 0.4) is 0 Å². The molecular formula is C12H18ClNO. The molecular weight excluding hydrogens is 210 g/mol. The predicted molar refractivity (Wildman–Crippen MR) is 64.8 cm³/mol. The fourth-order valence-electron chi connectivity index (χ4n) is 2.16. The zero-order valence-electron chi connectivity index (χ0n) is 9.21. The SMILES string of the molecule is Cc1cc([C@@H]2CCCN2)cc(C)c1O.Cl. The third kappa shape index (κ3) is 2.44. The summed E-state index contributed by atoms with van der Waals surface area (Å²) in [6, 6.07) is 4.67. The zero-order valence-corrected chi connectivity index (χ0v) is 10.0. The molecule has 15 heavy (non-hydrogen) atoms. The van der Waals surface area contributed by atoms with Crippen molar-refractivity contribution in [2.75, 3.05) is 6.54 Å². The summed E-state index contributed by atoms with van der Waals surface area (Å²) in [6.07, 6.45) is 2.47. The van der Waals surface area contributed by atoms with Gasteiger partial charge in [-0.3, -0.25) is 0 Å². The van der Waals surface area contributed by atoms with Crippen LogP contribution in [0.5, 0.6) is 5.75 Å². The Morgan fingerprint density at radius 1 is 1.27 bits per heavy atom. The molecule has 1 aliphatic rings. The van der Waals surface area contributed by atoms with Gasteiger partial charge in [0.05, 0.1) is 0 Å². The van der Waals surface area contributed by atoms with Crippen molar-refractivity contribution < 1.29 is 5.11 Å². The summed E-state index contributed by atoms with van der Waals surface area (Å²) in [5.41, 5.74) is 3.28. The molecule has 0 amide bonds. The number of halogens is 1. The molecule has 84 valence electrons. The lowest BCUT2D eigenvalue weighted by molar-refractivity contribution is 0.466. The third-order valence-electron chi connectivity index (χ3n) is 2.98. The smallest absolute Gasteiger partial charge is 0.121 e. The van der Waals surface area contributed by atoms with Gasteiger partial charge in [0.25, 0.3) is 0 Å². The van der Waals surface area contributed by atoms with E-state index in [-0.39, 0.29) is 12.4 Å². The lowest BCUT2D eigenvalue weighted by Gasteiger charge is -2.13. The van der Waals surface area contributed by atoms with Crippen LogP contribution in [0.1, 0.15) is 35.6 Å².